The van der Waals surface area contributed by atoms with E-state index in [1.54, 1.807) is 0 Å². The van der Waals surface area contributed by atoms with Crippen LogP contribution in [0.2, 0.25) is 5.02 Å². The number of rotatable bonds is 3. The summed E-state index contributed by atoms with van der Waals surface area (Å²) < 4.78 is 27.8. The third-order valence-corrected chi connectivity index (χ3v) is 6.24. The summed E-state index contributed by atoms with van der Waals surface area (Å²) in [5.41, 5.74) is 6.98. The smallest absolute Gasteiger partial charge is 0.316 e. The van der Waals surface area contributed by atoms with Gasteiger partial charge in [-0.15, -0.1) is 0 Å². The molecule has 0 fully saturated rings. The molecule has 132 valence electrons. The maximum atomic E-state index is 13.2. The molecule has 0 bridgehead atoms. The van der Waals surface area contributed by atoms with Crippen LogP contribution in [0, 0.1) is 0 Å². The fourth-order valence-corrected chi connectivity index (χ4v) is 4.66. The highest BCUT2D eigenvalue weighted by Crippen LogP contribution is 2.33. The Hall–Kier alpha value is -2.25. The van der Waals surface area contributed by atoms with E-state index in [4.69, 9.17) is 17.3 Å². The maximum absolute atomic E-state index is 13.2. The number of aryl methyl sites for hydroxylation is 1. The van der Waals surface area contributed by atoms with Crippen molar-refractivity contribution in [1.82, 2.24) is 0 Å². The van der Waals surface area contributed by atoms with Gasteiger partial charge in [0.2, 0.25) is 0 Å². The van der Waals surface area contributed by atoms with Crippen LogP contribution in [0.1, 0.15) is 18.4 Å². The summed E-state index contributed by atoms with van der Waals surface area (Å²) in [5, 5.41) is 2.56. The van der Waals surface area contributed by atoms with Crippen LogP contribution >= 0.6 is 11.6 Å². The van der Waals surface area contributed by atoms with Crippen LogP contribution < -0.4 is 15.4 Å². The van der Waals surface area contributed by atoms with Crippen LogP contribution in [-0.4, -0.2) is 21.0 Å². The largest absolute Gasteiger partial charge is 0.351 e. The number of primary amides is 1. The average Bonchev–Trinajstić information content (AvgIpc) is 2.79. The standard InChI is InChI=1S/C17H18ClN3O3S/c18-14-9-8-13(11-15(14)20-17(19)22)25(23,24)21-10-4-3-6-12-5-1-2-7-16(12)21/h1-2,5,7-9,11H,3-4,6,10H2,(H3,19,20,22). The van der Waals surface area contributed by atoms with Gasteiger partial charge >= 0.3 is 6.03 Å². The second-order valence-electron chi connectivity index (χ2n) is 5.79. The number of nitrogens with two attached hydrogens (primary N) is 1. The molecule has 0 unspecified atom stereocenters. The van der Waals surface area contributed by atoms with Crippen molar-refractivity contribution in [3.8, 4) is 0 Å². The number of benzene rings is 2. The molecule has 0 aromatic heterocycles. The number of carbonyl (C=O) groups excluding carboxylic acids is 1. The third kappa shape index (κ3) is 3.57. The number of anilines is 2. The zero-order valence-electron chi connectivity index (χ0n) is 13.4. The second-order valence-corrected chi connectivity index (χ2v) is 8.06. The van der Waals surface area contributed by atoms with Gasteiger partial charge in [-0.1, -0.05) is 29.8 Å². The second kappa shape index (κ2) is 6.93. The van der Waals surface area contributed by atoms with Gasteiger partial charge in [-0.05, 0) is 49.1 Å². The number of hydrogen-bond donors (Lipinski definition) is 2. The van der Waals surface area contributed by atoms with E-state index in [0.717, 1.165) is 24.8 Å². The predicted octanol–water partition coefficient (Wildman–Crippen LogP) is 3.36. The van der Waals surface area contributed by atoms with Crippen LogP contribution in [0.15, 0.2) is 47.4 Å². The van der Waals surface area contributed by atoms with Crippen molar-refractivity contribution in [2.45, 2.75) is 24.2 Å². The highest BCUT2D eigenvalue weighted by atomic mass is 35.5. The Labute approximate surface area is 151 Å². The SMILES string of the molecule is NC(=O)Nc1cc(S(=O)(=O)N2CCCCc3ccccc32)ccc1Cl. The molecule has 0 radical (unpaired) electrons. The Kier molecular flexibility index (Phi) is 4.87. The lowest BCUT2D eigenvalue weighted by Gasteiger charge is -2.25. The topological polar surface area (TPSA) is 92.5 Å². The van der Waals surface area contributed by atoms with Crippen LogP contribution in [0.5, 0.6) is 0 Å². The number of amides is 2. The predicted molar refractivity (Wildman–Crippen MR) is 98.6 cm³/mol. The number of carbonyl (C=O) groups is 1. The van der Waals surface area contributed by atoms with Gasteiger partial charge in [-0.2, -0.15) is 0 Å². The summed E-state index contributed by atoms with van der Waals surface area (Å²) in [6.07, 6.45) is 2.54. The number of urea groups is 1. The zero-order chi connectivity index (χ0) is 18.0. The van der Waals surface area contributed by atoms with E-state index in [0.29, 0.717) is 12.2 Å². The van der Waals surface area contributed by atoms with E-state index >= 15 is 0 Å². The van der Waals surface area contributed by atoms with Crippen molar-refractivity contribution >= 4 is 39.0 Å². The lowest BCUT2D eigenvalue weighted by Crippen LogP contribution is -2.32. The molecule has 3 rings (SSSR count). The number of nitrogens with one attached hydrogen (secondary N) is 1. The van der Waals surface area contributed by atoms with E-state index in [1.165, 1.54) is 22.5 Å². The number of sulfonamides is 1. The molecular formula is C17H18ClN3O3S. The number of nitrogens with zero attached hydrogens (tertiary/aromatic N) is 1. The first-order chi connectivity index (χ1) is 11.9. The molecule has 0 aliphatic carbocycles. The van der Waals surface area contributed by atoms with Crippen molar-refractivity contribution in [3.05, 3.63) is 53.1 Å². The van der Waals surface area contributed by atoms with E-state index in [1.807, 2.05) is 24.3 Å². The number of fused-ring (bicyclic) bond motifs is 1. The summed E-state index contributed by atoms with van der Waals surface area (Å²) in [6, 6.07) is 10.9. The maximum Gasteiger partial charge on any atom is 0.316 e. The van der Waals surface area contributed by atoms with Gasteiger partial charge in [0, 0.05) is 6.54 Å². The molecule has 1 aliphatic rings. The van der Waals surface area contributed by atoms with Crippen LogP contribution in [0.25, 0.3) is 0 Å². The lowest BCUT2D eigenvalue weighted by atomic mass is 10.1. The van der Waals surface area contributed by atoms with Crippen molar-refractivity contribution in [2.24, 2.45) is 5.73 Å². The number of para-hydroxylation sites is 1. The minimum atomic E-state index is -3.79. The van der Waals surface area contributed by atoms with Gasteiger partial charge in [0.05, 0.1) is 21.3 Å². The van der Waals surface area contributed by atoms with Crippen LogP contribution in [0.4, 0.5) is 16.2 Å². The summed E-state index contributed by atoms with van der Waals surface area (Å²) in [4.78, 5) is 11.1. The minimum absolute atomic E-state index is 0.0531. The number of halogens is 1. The molecule has 6 nitrogen and oxygen atoms in total. The molecule has 3 N–H and O–H groups in total. The molecule has 0 saturated heterocycles. The first-order valence-corrected chi connectivity index (χ1v) is 9.68. The van der Waals surface area contributed by atoms with E-state index in [2.05, 4.69) is 5.32 Å². The molecule has 0 saturated carbocycles. The summed E-state index contributed by atoms with van der Waals surface area (Å²) in [6.45, 7) is 0.403. The van der Waals surface area contributed by atoms with E-state index in [-0.39, 0.29) is 15.6 Å². The molecule has 2 aromatic carbocycles. The first kappa shape index (κ1) is 17.6. The summed E-state index contributed by atoms with van der Waals surface area (Å²) in [7, 11) is -3.79. The molecule has 1 heterocycles. The zero-order valence-corrected chi connectivity index (χ0v) is 15.0. The monoisotopic (exact) mass is 379 g/mol. The van der Waals surface area contributed by atoms with Gasteiger partial charge in [0.1, 0.15) is 0 Å². The van der Waals surface area contributed by atoms with Crippen molar-refractivity contribution in [3.63, 3.8) is 0 Å². The molecule has 25 heavy (non-hydrogen) atoms. The average molecular weight is 380 g/mol. The van der Waals surface area contributed by atoms with Gasteiger partial charge in [-0.3, -0.25) is 4.31 Å². The Morgan fingerprint density at radius 3 is 2.68 bits per heavy atom. The van der Waals surface area contributed by atoms with Crippen LogP contribution in [-0.2, 0) is 16.4 Å². The van der Waals surface area contributed by atoms with Crippen molar-refractivity contribution in [2.75, 3.05) is 16.2 Å². The molecule has 0 spiro atoms. The molecule has 1 aliphatic heterocycles. The highest BCUT2D eigenvalue weighted by molar-refractivity contribution is 7.92. The summed E-state index contributed by atoms with van der Waals surface area (Å²) in [5.74, 6) is 0. The van der Waals surface area contributed by atoms with Crippen molar-refractivity contribution in [1.29, 1.82) is 0 Å². The third-order valence-electron chi connectivity index (χ3n) is 4.10. The van der Waals surface area contributed by atoms with Gasteiger partial charge in [-0.25, -0.2) is 13.2 Å². The Morgan fingerprint density at radius 2 is 1.92 bits per heavy atom. The lowest BCUT2D eigenvalue weighted by molar-refractivity contribution is 0.259. The highest BCUT2D eigenvalue weighted by Gasteiger charge is 2.28. The van der Waals surface area contributed by atoms with E-state index < -0.39 is 16.1 Å². The molecular weight excluding hydrogens is 362 g/mol. The van der Waals surface area contributed by atoms with E-state index in [9.17, 15) is 13.2 Å². The first-order valence-electron chi connectivity index (χ1n) is 7.86. The fourth-order valence-electron chi connectivity index (χ4n) is 2.93. The van der Waals surface area contributed by atoms with Crippen LogP contribution in [0.3, 0.4) is 0 Å². The Bertz CT molecular complexity index is 915. The van der Waals surface area contributed by atoms with Gasteiger partial charge in [0.25, 0.3) is 10.0 Å². The molecule has 8 heteroatoms. The normalized spacial score (nSPS) is 14.5. The Morgan fingerprint density at radius 1 is 1.16 bits per heavy atom. The fraction of sp³-hybridized carbons (Fsp3) is 0.235. The molecule has 2 amide bonds. The quantitative estimate of drug-likeness (QED) is 0.856. The number of hydrogen-bond acceptors (Lipinski definition) is 3. The minimum Gasteiger partial charge on any atom is -0.351 e. The Balaban J connectivity index is 2.06. The molecule has 0 atom stereocenters. The van der Waals surface area contributed by atoms with Gasteiger partial charge in [0.15, 0.2) is 0 Å². The molecule has 2 aromatic rings. The van der Waals surface area contributed by atoms with Gasteiger partial charge < -0.3 is 11.1 Å². The van der Waals surface area contributed by atoms with Crippen molar-refractivity contribution < 1.29 is 13.2 Å². The summed E-state index contributed by atoms with van der Waals surface area (Å²) >= 11 is 6.00.